The van der Waals surface area contributed by atoms with Crippen molar-refractivity contribution in [1.29, 1.82) is 0 Å². The van der Waals surface area contributed by atoms with E-state index in [1.165, 1.54) is 29.5 Å². The largest absolute Gasteiger partial charge is 0.481 e. The van der Waals surface area contributed by atoms with Crippen molar-refractivity contribution >= 4 is 39.3 Å². The molecule has 0 radical (unpaired) electrons. The van der Waals surface area contributed by atoms with E-state index in [4.69, 9.17) is 9.47 Å². The Morgan fingerprint density at radius 3 is 2.35 bits per heavy atom. The Labute approximate surface area is 252 Å². The highest BCUT2D eigenvalue weighted by atomic mass is 32.1. The van der Waals surface area contributed by atoms with Crippen molar-refractivity contribution in [1.82, 2.24) is 4.90 Å². The number of carbonyl (C=O) groups is 3. The molecule has 3 atom stereocenters. The minimum Gasteiger partial charge on any atom is -0.481 e. The topological polar surface area (TPSA) is 154 Å². The van der Waals surface area contributed by atoms with Gasteiger partial charge in [0.2, 0.25) is 5.79 Å². The molecule has 43 heavy (non-hydrogen) atoms. The SMILES string of the molecule is CCC(O)(c1cccc(F)c1)C(CN(C)C)CC1(OC(CC(=O)O)(CC(=O)O)C(=O)O)OCCc2c1sc1ccccc21. The van der Waals surface area contributed by atoms with Gasteiger partial charge in [-0.05, 0) is 61.6 Å². The summed E-state index contributed by atoms with van der Waals surface area (Å²) in [5.41, 5.74) is -3.27. The van der Waals surface area contributed by atoms with Crippen LogP contribution in [-0.4, -0.2) is 76.1 Å². The third-order valence-corrected chi connectivity index (χ3v) is 9.33. The number of ether oxygens (including phenoxy) is 2. The summed E-state index contributed by atoms with van der Waals surface area (Å²) in [4.78, 5) is 39.0. The second kappa shape index (κ2) is 12.7. The van der Waals surface area contributed by atoms with Gasteiger partial charge in [-0.25, -0.2) is 9.18 Å². The van der Waals surface area contributed by atoms with Gasteiger partial charge in [-0.1, -0.05) is 37.3 Å². The number of thiophene rings is 1. The molecule has 1 aliphatic heterocycles. The number of halogens is 1. The molecule has 10 nitrogen and oxygen atoms in total. The lowest BCUT2D eigenvalue weighted by Gasteiger charge is -2.47. The van der Waals surface area contributed by atoms with Crippen LogP contribution in [0.25, 0.3) is 10.1 Å². The van der Waals surface area contributed by atoms with Crippen LogP contribution in [0.5, 0.6) is 0 Å². The summed E-state index contributed by atoms with van der Waals surface area (Å²) < 4.78 is 27.9. The Morgan fingerprint density at radius 2 is 1.77 bits per heavy atom. The van der Waals surface area contributed by atoms with Crippen molar-refractivity contribution in [2.45, 2.75) is 56.0 Å². The van der Waals surface area contributed by atoms with E-state index >= 15 is 0 Å². The lowest BCUT2D eigenvalue weighted by molar-refractivity contribution is -0.313. The zero-order chi connectivity index (χ0) is 31.6. The molecule has 4 rings (SSSR count). The molecule has 1 aliphatic rings. The van der Waals surface area contributed by atoms with E-state index in [2.05, 4.69) is 0 Å². The van der Waals surface area contributed by atoms with Crippen LogP contribution in [0.15, 0.2) is 48.5 Å². The van der Waals surface area contributed by atoms with Crippen LogP contribution in [0.4, 0.5) is 4.39 Å². The van der Waals surface area contributed by atoms with E-state index in [0.717, 1.165) is 15.6 Å². The second-order valence-corrected chi connectivity index (χ2v) is 12.3. The Morgan fingerprint density at radius 1 is 1.09 bits per heavy atom. The van der Waals surface area contributed by atoms with Crippen molar-refractivity contribution in [3.05, 3.63) is 70.4 Å². The smallest absolute Gasteiger partial charge is 0.337 e. The highest BCUT2D eigenvalue weighted by Gasteiger charge is 2.56. The van der Waals surface area contributed by atoms with Gasteiger partial charge in [0.25, 0.3) is 0 Å². The lowest BCUT2D eigenvalue weighted by Crippen LogP contribution is -2.55. The molecule has 0 saturated heterocycles. The van der Waals surface area contributed by atoms with Gasteiger partial charge in [0.1, 0.15) is 5.82 Å². The molecule has 3 unspecified atom stereocenters. The number of rotatable bonds is 14. The number of benzene rings is 2. The van der Waals surface area contributed by atoms with Crippen molar-refractivity contribution in [2.24, 2.45) is 5.92 Å². The normalized spacial score (nSPS) is 19.1. The summed E-state index contributed by atoms with van der Waals surface area (Å²) in [7, 11) is 3.57. The number of hydrogen-bond acceptors (Lipinski definition) is 8. The number of nitrogens with zero attached hydrogens (tertiary/aromatic N) is 1. The molecule has 4 N–H and O–H groups in total. The fraction of sp³-hybridized carbons (Fsp3) is 0.452. The van der Waals surface area contributed by atoms with Gasteiger partial charge >= 0.3 is 17.9 Å². The molecule has 2 heterocycles. The number of carboxylic acids is 3. The maximum absolute atomic E-state index is 14.4. The summed E-state index contributed by atoms with van der Waals surface area (Å²) >= 11 is 1.28. The Bertz CT molecular complexity index is 1490. The van der Waals surface area contributed by atoms with Gasteiger partial charge in [-0.3, -0.25) is 9.59 Å². The maximum Gasteiger partial charge on any atom is 0.337 e. The summed E-state index contributed by atoms with van der Waals surface area (Å²) in [5, 5.41) is 42.9. The standard InChI is InChI=1S/C31H36FNO9S/c1-4-30(40,19-8-7-9-21(32)14-19)20(18-33(2)3)15-31(42-29(28(38)39,16-25(34)35)17-26(36)37)27-23(12-13-41-31)22-10-5-6-11-24(22)43-27/h5-11,14,20,40H,4,12-13,15-18H2,1-3H3,(H,34,35)(H,36,37)(H,38,39). The van der Waals surface area contributed by atoms with Crippen LogP contribution >= 0.6 is 11.3 Å². The predicted octanol–water partition coefficient (Wildman–Crippen LogP) is 4.42. The number of aliphatic hydroxyl groups is 1. The number of fused-ring (bicyclic) bond motifs is 3. The van der Waals surface area contributed by atoms with Crippen LogP contribution in [-0.2, 0) is 41.7 Å². The molecule has 232 valence electrons. The zero-order valence-corrected chi connectivity index (χ0v) is 25.0. The first kappa shape index (κ1) is 32.5. The Balaban J connectivity index is 1.98. The van der Waals surface area contributed by atoms with E-state index in [0.29, 0.717) is 16.9 Å². The predicted molar refractivity (Wildman–Crippen MR) is 156 cm³/mol. The van der Waals surface area contributed by atoms with E-state index in [9.17, 15) is 39.2 Å². The molecule has 3 aromatic rings. The third-order valence-electron chi connectivity index (χ3n) is 7.99. The number of aliphatic carboxylic acids is 3. The zero-order valence-electron chi connectivity index (χ0n) is 24.2. The van der Waals surface area contributed by atoms with Crippen LogP contribution in [0, 0.1) is 11.7 Å². The average molecular weight is 618 g/mol. The summed E-state index contributed by atoms with van der Waals surface area (Å²) in [6.07, 6.45) is -1.91. The molecule has 2 aromatic carbocycles. The van der Waals surface area contributed by atoms with Gasteiger partial charge in [0, 0.05) is 23.6 Å². The monoisotopic (exact) mass is 617 g/mol. The average Bonchev–Trinajstić information content (AvgIpc) is 3.31. The van der Waals surface area contributed by atoms with Crippen molar-refractivity contribution in [3.8, 4) is 0 Å². The van der Waals surface area contributed by atoms with E-state index < -0.39 is 59.5 Å². The fourth-order valence-corrected chi connectivity index (χ4v) is 7.42. The molecule has 0 spiro atoms. The molecule has 0 amide bonds. The van der Waals surface area contributed by atoms with Crippen LogP contribution in [0.2, 0.25) is 0 Å². The van der Waals surface area contributed by atoms with Crippen molar-refractivity contribution in [3.63, 3.8) is 0 Å². The van der Waals surface area contributed by atoms with Gasteiger partial charge in [-0.2, -0.15) is 0 Å². The minimum atomic E-state index is -2.71. The highest BCUT2D eigenvalue weighted by molar-refractivity contribution is 7.19. The van der Waals surface area contributed by atoms with E-state index in [1.807, 2.05) is 29.2 Å². The van der Waals surface area contributed by atoms with E-state index in [-0.39, 0.29) is 26.0 Å². The summed E-state index contributed by atoms with van der Waals surface area (Å²) in [6.45, 7) is 2.01. The number of hydrogen-bond donors (Lipinski definition) is 4. The van der Waals surface area contributed by atoms with Crippen LogP contribution in [0.3, 0.4) is 0 Å². The van der Waals surface area contributed by atoms with Gasteiger partial charge in [0.15, 0.2) is 5.60 Å². The fourth-order valence-electron chi connectivity index (χ4n) is 6.08. The second-order valence-electron chi connectivity index (χ2n) is 11.3. The van der Waals surface area contributed by atoms with Gasteiger partial charge in [-0.15, -0.1) is 11.3 Å². The van der Waals surface area contributed by atoms with Crippen LogP contribution < -0.4 is 0 Å². The molecule has 0 fully saturated rings. The number of carboxylic acid groups (broad SMARTS) is 3. The quantitative estimate of drug-likeness (QED) is 0.204. The maximum atomic E-state index is 14.4. The molecule has 0 aliphatic carbocycles. The molecule has 0 bridgehead atoms. The molecule has 1 aromatic heterocycles. The molecular weight excluding hydrogens is 581 g/mol. The van der Waals surface area contributed by atoms with E-state index in [1.54, 1.807) is 27.1 Å². The molecule has 0 saturated carbocycles. The van der Waals surface area contributed by atoms with Gasteiger partial charge < -0.3 is 34.8 Å². The third kappa shape index (κ3) is 6.58. The summed E-state index contributed by atoms with van der Waals surface area (Å²) in [5.74, 6) is -8.20. The first-order valence-electron chi connectivity index (χ1n) is 13.9. The van der Waals surface area contributed by atoms with Crippen molar-refractivity contribution < 1.29 is 48.7 Å². The minimum absolute atomic E-state index is 0.0583. The summed E-state index contributed by atoms with van der Waals surface area (Å²) in [6, 6.07) is 13.1. The van der Waals surface area contributed by atoms with Gasteiger partial charge in [0.05, 0.1) is 29.9 Å². The Kier molecular flexibility index (Phi) is 9.57. The molecular formula is C31H36FNO9S. The lowest BCUT2D eigenvalue weighted by atomic mass is 9.74. The highest BCUT2D eigenvalue weighted by Crippen LogP contribution is 2.52. The first-order chi connectivity index (χ1) is 20.2. The van der Waals surface area contributed by atoms with Crippen molar-refractivity contribution in [2.75, 3.05) is 27.2 Å². The first-order valence-corrected chi connectivity index (χ1v) is 14.7. The Hall–Kier alpha value is -3.42. The molecule has 12 heteroatoms. The van der Waals surface area contributed by atoms with Crippen LogP contribution in [0.1, 0.15) is 48.6 Å².